The van der Waals surface area contributed by atoms with Crippen molar-refractivity contribution in [1.82, 2.24) is 4.90 Å². The van der Waals surface area contributed by atoms with Crippen LogP contribution in [0.4, 0.5) is 0 Å². The lowest BCUT2D eigenvalue weighted by Crippen LogP contribution is -2.39. The molecule has 4 nitrogen and oxygen atoms in total. The smallest absolute Gasteiger partial charge is 0.331 e. The highest BCUT2D eigenvalue weighted by molar-refractivity contribution is 5.87. The SMILES string of the molecule is C/C=C/C=C\C(=O)O[C@@H](C)C(=O)N(Cc1ccccc1)Cc1ccccc1. The van der Waals surface area contributed by atoms with Gasteiger partial charge in [-0.1, -0.05) is 78.9 Å². The van der Waals surface area contributed by atoms with Gasteiger partial charge in [0.2, 0.25) is 0 Å². The van der Waals surface area contributed by atoms with E-state index in [-0.39, 0.29) is 5.91 Å². The molecule has 140 valence electrons. The molecule has 4 heteroatoms. The first kappa shape index (κ1) is 20.2. The lowest BCUT2D eigenvalue weighted by atomic mass is 10.1. The zero-order valence-corrected chi connectivity index (χ0v) is 15.7. The topological polar surface area (TPSA) is 46.6 Å². The summed E-state index contributed by atoms with van der Waals surface area (Å²) in [5, 5.41) is 0. The summed E-state index contributed by atoms with van der Waals surface area (Å²) in [4.78, 5) is 26.5. The molecule has 0 bridgehead atoms. The predicted molar refractivity (Wildman–Crippen MR) is 107 cm³/mol. The fourth-order valence-corrected chi connectivity index (χ4v) is 2.59. The predicted octanol–water partition coefficient (Wildman–Crippen LogP) is 4.28. The van der Waals surface area contributed by atoms with Crippen LogP contribution in [0.3, 0.4) is 0 Å². The average molecular weight is 363 g/mol. The van der Waals surface area contributed by atoms with Gasteiger partial charge >= 0.3 is 5.97 Å². The molecule has 27 heavy (non-hydrogen) atoms. The molecular formula is C23H25NO3. The Balaban J connectivity index is 2.10. The van der Waals surface area contributed by atoms with Crippen molar-refractivity contribution in [2.75, 3.05) is 0 Å². The monoisotopic (exact) mass is 363 g/mol. The Morgan fingerprint density at radius 3 is 1.93 bits per heavy atom. The summed E-state index contributed by atoms with van der Waals surface area (Å²) in [6.45, 7) is 4.36. The fraction of sp³-hybridized carbons (Fsp3) is 0.217. The van der Waals surface area contributed by atoms with Crippen molar-refractivity contribution in [3.63, 3.8) is 0 Å². The highest BCUT2D eigenvalue weighted by Crippen LogP contribution is 2.13. The molecule has 0 heterocycles. The first-order valence-corrected chi connectivity index (χ1v) is 8.96. The highest BCUT2D eigenvalue weighted by atomic mass is 16.5. The Bertz CT molecular complexity index is 740. The van der Waals surface area contributed by atoms with Crippen LogP contribution in [-0.4, -0.2) is 22.9 Å². The van der Waals surface area contributed by atoms with Gasteiger partial charge in [0.15, 0.2) is 6.10 Å². The van der Waals surface area contributed by atoms with Crippen molar-refractivity contribution in [2.24, 2.45) is 0 Å². The third-order valence-electron chi connectivity index (χ3n) is 3.92. The number of benzene rings is 2. The normalized spacial score (nSPS) is 12.2. The van der Waals surface area contributed by atoms with Crippen LogP contribution in [0, 0.1) is 0 Å². The van der Waals surface area contributed by atoms with E-state index in [9.17, 15) is 9.59 Å². The van der Waals surface area contributed by atoms with Crippen LogP contribution in [0.25, 0.3) is 0 Å². The first-order chi connectivity index (χ1) is 13.1. The van der Waals surface area contributed by atoms with E-state index in [0.717, 1.165) is 11.1 Å². The number of rotatable bonds is 8. The highest BCUT2D eigenvalue weighted by Gasteiger charge is 2.23. The zero-order valence-electron chi connectivity index (χ0n) is 15.7. The van der Waals surface area contributed by atoms with Crippen molar-refractivity contribution < 1.29 is 14.3 Å². The molecule has 0 saturated heterocycles. The molecule has 0 aromatic heterocycles. The third kappa shape index (κ3) is 6.94. The minimum atomic E-state index is -0.861. The molecule has 0 saturated carbocycles. The van der Waals surface area contributed by atoms with Crippen LogP contribution in [0.15, 0.2) is 85.0 Å². The van der Waals surface area contributed by atoms with Crippen LogP contribution < -0.4 is 0 Å². The maximum atomic E-state index is 12.9. The summed E-state index contributed by atoms with van der Waals surface area (Å²) in [6, 6.07) is 19.5. The van der Waals surface area contributed by atoms with Crippen LogP contribution in [-0.2, 0) is 27.4 Å². The van der Waals surface area contributed by atoms with E-state index in [0.29, 0.717) is 13.1 Å². The zero-order chi connectivity index (χ0) is 19.5. The molecule has 0 spiro atoms. The van der Waals surface area contributed by atoms with Crippen LogP contribution in [0.2, 0.25) is 0 Å². The number of hydrogen-bond acceptors (Lipinski definition) is 3. The van der Waals surface area contributed by atoms with E-state index in [1.54, 1.807) is 30.1 Å². The Kier molecular flexibility index (Phi) is 8.04. The van der Waals surface area contributed by atoms with E-state index in [2.05, 4.69) is 0 Å². The van der Waals surface area contributed by atoms with Gasteiger partial charge in [-0.05, 0) is 25.0 Å². The average Bonchev–Trinajstić information content (AvgIpc) is 2.68. The van der Waals surface area contributed by atoms with Gasteiger partial charge in [-0.15, -0.1) is 0 Å². The maximum absolute atomic E-state index is 12.9. The van der Waals surface area contributed by atoms with Crippen molar-refractivity contribution in [2.45, 2.75) is 33.0 Å². The molecule has 0 aliphatic rings. The summed E-state index contributed by atoms with van der Waals surface area (Å²) >= 11 is 0. The Labute approximate surface area is 160 Å². The van der Waals surface area contributed by atoms with Gasteiger partial charge < -0.3 is 9.64 Å². The van der Waals surface area contributed by atoms with Gasteiger partial charge in [0.05, 0.1) is 0 Å². The molecule has 0 N–H and O–H groups in total. The summed E-state index contributed by atoms with van der Waals surface area (Å²) in [7, 11) is 0. The number of ether oxygens (including phenoxy) is 1. The quantitative estimate of drug-likeness (QED) is 0.399. The molecule has 0 aliphatic heterocycles. The Morgan fingerprint density at radius 2 is 1.44 bits per heavy atom. The first-order valence-electron chi connectivity index (χ1n) is 8.96. The number of allylic oxidation sites excluding steroid dienone is 3. The molecule has 0 unspecified atom stereocenters. The number of carbonyl (C=O) groups excluding carboxylic acids is 2. The van der Waals surface area contributed by atoms with Gasteiger partial charge in [-0.25, -0.2) is 4.79 Å². The van der Waals surface area contributed by atoms with Crippen LogP contribution in [0.1, 0.15) is 25.0 Å². The van der Waals surface area contributed by atoms with E-state index in [4.69, 9.17) is 4.74 Å². The second kappa shape index (κ2) is 10.8. The largest absolute Gasteiger partial charge is 0.449 e. The third-order valence-corrected chi connectivity index (χ3v) is 3.92. The number of hydrogen-bond donors (Lipinski definition) is 0. The molecule has 2 aromatic carbocycles. The van der Waals surface area contributed by atoms with Crippen molar-refractivity contribution >= 4 is 11.9 Å². The van der Waals surface area contributed by atoms with E-state index < -0.39 is 12.1 Å². The summed E-state index contributed by atoms with van der Waals surface area (Å²) in [6.07, 6.45) is 5.57. The summed E-state index contributed by atoms with van der Waals surface area (Å²) in [5.41, 5.74) is 2.04. The van der Waals surface area contributed by atoms with Gasteiger partial charge in [0.25, 0.3) is 5.91 Å². The number of amides is 1. The number of nitrogens with zero attached hydrogens (tertiary/aromatic N) is 1. The Hall–Kier alpha value is -3.14. The standard InChI is InChI=1S/C23H25NO3/c1-3-4-7-16-22(25)27-19(2)23(26)24(17-20-12-8-5-9-13-20)18-21-14-10-6-11-15-21/h3-16,19H,17-18H2,1-2H3/b4-3+,16-7-/t19-/m0/s1. The van der Waals surface area contributed by atoms with E-state index in [1.165, 1.54) is 6.08 Å². The van der Waals surface area contributed by atoms with Gasteiger partial charge in [-0.3, -0.25) is 4.79 Å². The van der Waals surface area contributed by atoms with Gasteiger partial charge in [0, 0.05) is 19.2 Å². The molecule has 1 amide bonds. The molecule has 2 aromatic rings. The fourth-order valence-electron chi connectivity index (χ4n) is 2.59. The number of esters is 1. The molecule has 0 fully saturated rings. The lowest BCUT2D eigenvalue weighted by molar-refractivity contribution is -0.156. The van der Waals surface area contributed by atoms with Crippen molar-refractivity contribution in [3.8, 4) is 0 Å². The second-order valence-electron chi connectivity index (χ2n) is 6.13. The van der Waals surface area contributed by atoms with Gasteiger partial charge in [-0.2, -0.15) is 0 Å². The van der Waals surface area contributed by atoms with Gasteiger partial charge in [0.1, 0.15) is 0 Å². The van der Waals surface area contributed by atoms with Crippen LogP contribution in [0.5, 0.6) is 0 Å². The van der Waals surface area contributed by atoms with Crippen LogP contribution >= 0.6 is 0 Å². The second-order valence-corrected chi connectivity index (χ2v) is 6.13. The molecular weight excluding hydrogens is 338 g/mol. The molecule has 2 rings (SSSR count). The Morgan fingerprint density at radius 1 is 0.926 bits per heavy atom. The summed E-state index contributed by atoms with van der Waals surface area (Å²) < 4.78 is 5.26. The molecule has 0 radical (unpaired) electrons. The van der Waals surface area contributed by atoms with Crippen molar-refractivity contribution in [3.05, 3.63) is 96.1 Å². The maximum Gasteiger partial charge on any atom is 0.331 e. The molecule has 1 atom stereocenters. The lowest BCUT2D eigenvalue weighted by Gasteiger charge is -2.26. The number of carbonyl (C=O) groups is 2. The van der Waals surface area contributed by atoms with E-state index in [1.807, 2.05) is 67.6 Å². The minimum Gasteiger partial charge on any atom is -0.449 e. The molecule has 0 aliphatic carbocycles. The summed E-state index contributed by atoms with van der Waals surface area (Å²) in [5.74, 6) is -0.760. The van der Waals surface area contributed by atoms with Crippen molar-refractivity contribution in [1.29, 1.82) is 0 Å². The minimum absolute atomic E-state index is 0.226. The van der Waals surface area contributed by atoms with E-state index >= 15 is 0 Å².